The van der Waals surface area contributed by atoms with E-state index in [1.807, 2.05) is 44.2 Å². The standard InChI is InChI=1S/C60H54N10O17S4/c1-33-21-37(60(72)62-52-31-45-39(27-56(52)90(79,80)81)26-43(89(76,77)78)30-53(45)87-19-10-20-88(73,74)75)13-17-46(33)64-63-42-15-18-47(54(29-42)85-5)65-66-48-22-35(3)49(23-34(48)2)67-68-50-32-55(86-6)51(24-36(50)4)69-70-58-57(91(82,83)84)28-38-25-41(14-16-44(38)59(58)71)61-40-11-8-7-9-12-40/h7-9,11-18,21-32,61,71H,10,19-20H2,1-6H3,(H,62,72)(H,73,74,75)(H,76,77,78)(H,79,80,81)(H,82,83,84). The molecule has 470 valence electrons. The van der Waals surface area contributed by atoms with Crippen LogP contribution in [0.15, 0.2) is 195 Å². The fourth-order valence-electron chi connectivity index (χ4n) is 9.10. The van der Waals surface area contributed by atoms with E-state index in [-0.39, 0.29) is 51.9 Å². The lowest BCUT2D eigenvalue weighted by molar-refractivity contribution is 0.102. The van der Waals surface area contributed by atoms with Crippen LogP contribution in [0.25, 0.3) is 21.5 Å². The molecular formula is C60H54N10O17S4. The zero-order chi connectivity index (χ0) is 65.7. The molecule has 7 N–H and O–H groups in total. The number of nitrogens with one attached hydrogen (secondary N) is 2. The lowest BCUT2D eigenvalue weighted by atomic mass is 10.1. The molecule has 9 rings (SSSR count). The number of rotatable bonds is 22. The molecule has 0 heterocycles. The van der Waals surface area contributed by atoms with Crippen molar-refractivity contribution in [3.8, 4) is 23.0 Å². The minimum absolute atomic E-state index is 0.0112. The zero-order valence-corrected chi connectivity index (χ0v) is 52.0. The maximum Gasteiger partial charge on any atom is 0.296 e. The summed E-state index contributed by atoms with van der Waals surface area (Å²) >= 11 is 0. The van der Waals surface area contributed by atoms with Gasteiger partial charge in [0.05, 0.1) is 65.6 Å². The van der Waals surface area contributed by atoms with Gasteiger partial charge in [0.2, 0.25) is 0 Å². The molecule has 0 spiro atoms. The Hall–Kier alpha value is -9.99. The van der Waals surface area contributed by atoms with E-state index in [9.17, 15) is 57.2 Å². The number of amides is 1. The van der Waals surface area contributed by atoms with Gasteiger partial charge in [0.15, 0.2) is 5.75 Å². The van der Waals surface area contributed by atoms with Crippen LogP contribution < -0.4 is 24.8 Å². The van der Waals surface area contributed by atoms with Gasteiger partial charge >= 0.3 is 0 Å². The van der Waals surface area contributed by atoms with E-state index in [1.54, 1.807) is 74.5 Å². The summed E-state index contributed by atoms with van der Waals surface area (Å²) in [6.07, 6.45) is -0.252. The van der Waals surface area contributed by atoms with Gasteiger partial charge in [-0.05, 0) is 170 Å². The van der Waals surface area contributed by atoms with E-state index < -0.39 is 83.9 Å². The molecule has 0 atom stereocenters. The predicted molar refractivity (Wildman–Crippen MR) is 338 cm³/mol. The monoisotopic (exact) mass is 1310 g/mol. The summed E-state index contributed by atoms with van der Waals surface area (Å²) in [6, 6.07) is 34.9. The molecule has 0 saturated carbocycles. The zero-order valence-electron chi connectivity index (χ0n) is 48.7. The van der Waals surface area contributed by atoms with E-state index in [0.29, 0.717) is 73.2 Å². The topological polar surface area (TPSA) is 405 Å². The van der Waals surface area contributed by atoms with Gasteiger partial charge in [0.25, 0.3) is 46.4 Å². The van der Waals surface area contributed by atoms with Gasteiger partial charge in [-0.15, -0.1) is 15.3 Å². The molecule has 31 heteroatoms. The average Bonchev–Trinajstić information content (AvgIpc) is 0.821. The van der Waals surface area contributed by atoms with Crippen molar-refractivity contribution in [2.45, 2.75) is 48.8 Å². The van der Waals surface area contributed by atoms with Crippen molar-refractivity contribution in [2.75, 3.05) is 37.2 Å². The molecule has 0 aliphatic rings. The van der Waals surface area contributed by atoms with Gasteiger partial charge in [-0.2, -0.15) is 59.2 Å². The first-order valence-electron chi connectivity index (χ1n) is 26.8. The highest BCUT2D eigenvalue weighted by Gasteiger charge is 2.25. The third-order valence-corrected chi connectivity index (χ3v) is 17.1. The van der Waals surface area contributed by atoms with Gasteiger partial charge in [-0.25, -0.2) is 0 Å². The van der Waals surface area contributed by atoms with E-state index in [2.05, 4.69) is 51.5 Å². The quantitative estimate of drug-likeness (QED) is 0.0188. The first-order valence-corrected chi connectivity index (χ1v) is 32.7. The molecule has 9 aromatic rings. The highest BCUT2D eigenvalue weighted by atomic mass is 32.2. The number of carbonyl (C=O) groups excluding carboxylic acids is 1. The maximum absolute atomic E-state index is 13.7. The third-order valence-electron chi connectivity index (χ3n) is 13.7. The van der Waals surface area contributed by atoms with Gasteiger partial charge in [0, 0.05) is 45.9 Å². The number of nitrogens with zero attached hydrogens (tertiary/aromatic N) is 8. The summed E-state index contributed by atoms with van der Waals surface area (Å²) in [5, 5.41) is 52.2. The molecule has 0 bridgehead atoms. The van der Waals surface area contributed by atoms with Crippen LogP contribution in [0.1, 0.15) is 39.0 Å². The number of fused-ring (bicyclic) bond motifs is 2. The number of aryl methyl sites for hydroxylation is 4. The van der Waals surface area contributed by atoms with Gasteiger partial charge in [-0.3, -0.25) is 23.0 Å². The molecule has 0 aromatic heterocycles. The Morgan fingerprint density at radius 2 is 1.04 bits per heavy atom. The van der Waals surface area contributed by atoms with Gasteiger partial charge < -0.3 is 30.0 Å². The Morgan fingerprint density at radius 1 is 0.484 bits per heavy atom. The summed E-state index contributed by atoms with van der Waals surface area (Å²) in [5.41, 5.74) is 5.54. The molecule has 0 unspecified atom stereocenters. The normalized spacial score (nSPS) is 12.5. The number of para-hydroxylation sites is 1. The van der Waals surface area contributed by atoms with Gasteiger partial charge in [0.1, 0.15) is 44.1 Å². The predicted octanol–water partition coefficient (Wildman–Crippen LogP) is 15.0. The molecule has 1 amide bonds. The Balaban J connectivity index is 0.875. The molecular weight excluding hydrogens is 1260 g/mol. The molecule has 9 aromatic carbocycles. The highest BCUT2D eigenvalue weighted by Crippen LogP contribution is 2.45. The largest absolute Gasteiger partial charge is 0.505 e. The number of ether oxygens (including phenoxy) is 3. The first kappa shape index (κ1) is 65.5. The molecule has 0 fully saturated rings. The smallest absolute Gasteiger partial charge is 0.296 e. The minimum atomic E-state index is -5.10. The third kappa shape index (κ3) is 15.9. The van der Waals surface area contributed by atoms with E-state index in [0.717, 1.165) is 30.0 Å². The van der Waals surface area contributed by atoms with Crippen LogP contribution in [0.5, 0.6) is 23.0 Å². The Bertz CT molecular complexity index is 5010. The van der Waals surface area contributed by atoms with Crippen molar-refractivity contribution < 1.29 is 76.0 Å². The molecule has 0 radical (unpaired) electrons. The van der Waals surface area contributed by atoms with Crippen molar-refractivity contribution >= 4 is 130 Å². The number of azo groups is 4. The number of anilines is 3. The number of carbonyl (C=O) groups is 1. The average molecular weight is 1320 g/mol. The second-order valence-electron chi connectivity index (χ2n) is 20.3. The van der Waals surface area contributed by atoms with Crippen LogP contribution in [0.4, 0.5) is 62.6 Å². The summed E-state index contributed by atoms with van der Waals surface area (Å²) in [6.45, 7) is 6.63. The van der Waals surface area contributed by atoms with Crippen LogP contribution >= 0.6 is 0 Å². The second kappa shape index (κ2) is 26.6. The van der Waals surface area contributed by atoms with Crippen molar-refractivity contribution in [3.63, 3.8) is 0 Å². The molecule has 0 aliphatic carbocycles. The molecule has 27 nitrogen and oxygen atoms in total. The molecule has 91 heavy (non-hydrogen) atoms. The fourth-order valence-corrected chi connectivity index (χ4v) is 11.4. The maximum atomic E-state index is 13.7. The Morgan fingerprint density at radius 3 is 1.66 bits per heavy atom. The van der Waals surface area contributed by atoms with E-state index in [1.165, 1.54) is 38.5 Å². The van der Waals surface area contributed by atoms with Crippen molar-refractivity contribution in [2.24, 2.45) is 40.9 Å². The number of phenolic OH excluding ortho intramolecular Hbond substituents is 1. The van der Waals surface area contributed by atoms with Crippen LogP contribution in [0, 0.1) is 27.7 Å². The number of phenols is 1. The first-order chi connectivity index (χ1) is 43.0. The van der Waals surface area contributed by atoms with Crippen LogP contribution in [0.3, 0.4) is 0 Å². The Labute approximate surface area is 520 Å². The number of methoxy groups -OCH3 is 2. The lowest BCUT2D eigenvalue weighted by Gasteiger charge is -2.15. The number of benzene rings is 9. The van der Waals surface area contributed by atoms with Crippen molar-refractivity contribution in [1.82, 2.24) is 0 Å². The van der Waals surface area contributed by atoms with Crippen molar-refractivity contribution in [1.29, 1.82) is 0 Å². The summed E-state index contributed by atoms with van der Waals surface area (Å²) < 4.78 is 153. The lowest BCUT2D eigenvalue weighted by Crippen LogP contribution is -2.15. The number of hydrogen-bond donors (Lipinski definition) is 7. The summed E-state index contributed by atoms with van der Waals surface area (Å²) in [5.74, 6) is -1.86. The van der Waals surface area contributed by atoms with Crippen LogP contribution in [0.2, 0.25) is 0 Å². The summed E-state index contributed by atoms with van der Waals surface area (Å²) in [4.78, 5) is 11.4. The Kier molecular flexibility index (Phi) is 19.1. The number of aromatic hydroxyl groups is 1. The van der Waals surface area contributed by atoms with Crippen LogP contribution in [-0.2, 0) is 40.5 Å². The second-order valence-corrected chi connectivity index (χ2v) is 26.0. The van der Waals surface area contributed by atoms with E-state index in [4.69, 9.17) is 18.8 Å². The molecule has 0 aliphatic heterocycles. The molecule has 0 saturated heterocycles. The SMILES string of the molecule is COc1cc(N=Nc2ccc(C(=O)Nc3cc4c(OCCCS(=O)(=O)O)cc(S(=O)(=O)O)cc4cc3S(=O)(=O)O)cc2C)ccc1N=Nc1cc(C)c(N=Nc2cc(OC)c(N=Nc3c(S(=O)(=O)O)cc4cc(Nc5ccccc5)ccc4c3O)cc2C)cc1C. The van der Waals surface area contributed by atoms with Crippen LogP contribution in [-0.4, -0.2) is 89.5 Å². The highest BCUT2D eigenvalue weighted by molar-refractivity contribution is 7.86. The number of hydrogen-bond acceptors (Lipinski definition) is 22. The van der Waals surface area contributed by atoms with Gasteiger partial charge in [-0.1, -0.05) is 18.2 Å². The van der Waals surface area contributed by atoms with E-state index >= 15 is 0 Å². The van der Waals surface area contributed by atoms with Crippen molar-refractivity contribution in [3.05, 3.63) is 167 Å². The fraction of sp³-hybridized carbons (Fsp3) is 0.150. The minimum Gasteiger partial charge on any atom is -0.505 e. The summed E-state index contributed by atoms with van der Waals surface area (Å²) in [7, 11) is -16.5.